The van der Waals surface area contributed by atoms with Gasteiger partial charge < -0.3 is 10.2 Å². The van der Waals surface area contributed by atoms with E-state index in [1.165, 1.54) is 4.90 Å². The Bertz CT molecular complexity index is 1070. The van der Waals surface area contributed by atoms with Crippen molar-refractivity contribution in [3.63, 3.8) is 0 Å². The molecule has 0 saturated carbocycles. The van der Waals surface area contributed by atoms with Crippen LogP contribution in [0.1, 0.15) is 37.5 Å². The van der Waals surface area contributed by atoms with Crippen LogP contribution >= 0.6 is 0 Å². The van der Waals surface area contributed by atoms with Crippen molar-refractivity contribution in [2.75, 3.05) is 23.7 Å². The molecule has 2 amide bonds. The van der Waals surface area contributed by atoms with Gasteiger partial charge in [-0.2, -0.15) is 0 Å². The monoisotopic (exact) mass is 473 g/mol. The largest absolute Gasteiger partial charge is 0.352 e. The van der Waals surface area contributed by atoms with Crippen LogP contribution < -0.4 is 9.62 Å². The van der Waals surface area contributed by atoms with E-state index in [0.717, 1.165) is 27.3 Å². The summed E-state index contributed by atoms with van der Waals surface area (Å²) < 4.78 is 26.4. The zero-order valence-corrected chi connectivity index (χ0v) is 21.1. The van der Waals surface area contributed by atoms with Gasteiger partial charge in [-0.25, -0.2) is 8.42 Å². The summed E-state index contributed by atoms with van der Waals surface area (Å²) in [6.45, 7) is 9.03. The number of nitrogens with zero attached hydrogens (tertiary/aromatic N) is 2. The average Bonchev–Trinajstić information content (AvgIpc) is 2.72. The van der Waals surface area contributed by atoms with Gasteiger partial charge in [-0.3, -0.25) is 13.9 Å². The SMILES string of the molecule is Cc1ccc(N(CC(=O)N(CCc2ccccc2)[C@@H](C)C(=O)NC(C)C)S(C)(=O)=O)c(C)c1. The Labute approximate surface area is 197 Å². The van der Waals surface area contributed by atoms with Crippen molar-refractivity contribution in [1.29, 1.82) is 0 Å². The summed E-state index contributed by atoms with van der Waals surface area (Å²) >= 11 is 0. The normalized spacial score (nSPS) is 12.3. The minimum absolute atomic E-state index is 0.0752. The Morgan fingerprint density at radius 1 is 1.00 bits per heavy atom. The van der Waals surface area contributed by atoms with Crippen LogP contribution in [0.2, 0.25) is 0 Å². The summed E-state index contributed by atoms with van der Waals surface area (Å²) in [5, 5.41) is 2.84. The van der Waals surface area contributed by atoms with E-state index in [1.807, 2.05) is 70.2 Å². The van der Waals surface area contributed by atoms with Crippen LogP contribution in [-0.2, 0) is 26.0 Å². The first-order valence-electron chi connectivity index (χ1n) is 11.1. The molecule has 8 heteroatoms. The van der Waals surface area contributed by atoms with Gasteiger partial charge in [0.05, 0.1) is 11.9 Å². The molecule has 0 aromatic heterocycles. The number of carbonyl (C=O) groups excluding carboxylic acids is 2. The molecule has 0 fully saturated rings. The predicted molar refractivity (Wildman–Crippen MR) is 133 cm³/mol. The summed E-state index contributed by atoms with van der Waals surface area (Å²) in [6, 6.07) is 14.3. The van der Waals surface area contributed by atoms with E-state index in [4.69, 9.17) is 0 Å². The quantitative estimate of drug-likeness (QED) is 0.575. The molecule has 0 aliphatic rings. The highest BCUT2D eigenvalue weighted by Gasteiger charge is 2.30. The number of amides is 2. The zero-order chi connectivity index (χ0) is 24.8. The van der Waals surface area contributed by atoms with Crippen molar-refractivity contribution < 1.29 is 18.0 Å². The lowest BCUT2D eigenvalue weighted by Gasteiger charge is -2.32. The zero-order valence-electron chi connectivity index (χ0n) is 20.3. The van der Waals surface area contributed by atoms with Gasteiger partial charge in [-0.1, -0.05) is 48.0 Å². The maximum Gasteiger partial charge on any atom is 0.244 e. The van der Waals surface area contributed by atoms with Gasteiger partial charge in [0.1, 0.15) is 12.6 Å². The molecule has 0 bridgehead atoms. The lowest BCUT2D eigenvalue weighted by atomic mass is 10.1. The van der Waals surface area contributed by atoms with Gasteiger partial charge in [0.2, 0.25) is 21.8 Å². The van der Waals surface area contributed by atoms with E-state index in [9.17, 15) is 18.0 Å². The van der Waals surface area contributed by atoms with Crippen LogP contribution in [-0.4, -0.2) is 56.6 Å². The fourth-order valence-electron chi connectivity index (χ4n) is 3.66. The second kappa shape index (κ2) is 11.3. The highest BCUT2D eigenvalue weighted by atomic mass is 32.2. The Balaban J connectivity index is 2.34. The van der Waals surface area contributed by atoms with Crippen LogP contribution in [0.3, 0.4) is 0 Å². The van der Waals surface area contributed by atoms with Crippen molar-refractivity contribution in [2.24, 2.45) is 0 Å². The van der Waals surface area contributed by atoms with E-state index in [0.29, 0.717) is 18.7 Å². The Morgan fingerprint density at radius 3 is 2.18 bits per heavy atom. The fourth-order valence-corrected chi connectivity index (χ4v) is 4.56. The smallest absolute Gasteiger partial charge is 0.244 e. The van der Waals surface area contributed by atoms with Gasteiger partial charge in [0.15, 0.2) is 0 Å². The first-order chi connectivity index (χ1) is 15.4. The van der Waals surface area contributed by atoms with Crippen molar-refractivity contribution >= 4 is 27.5 Å². The molecule has 0 aliphatic carbocycles. The predicted octanol–water partition coefficient (Wildman–Crippen LogP) is 3.05. The third-order valence-corrected chi connectivity index (χ3v) is 6.51. The molecule has 2 aromatic rings. The van der Waals surface area contributed by atoms with Crippen LogP contribution in [0.15, 0.2) is 48.5 Å². The number of carbonyl (C=O) groups is 2. The van der Waals surface area contributed by atoms with Crippen molar-refractivity contribution in [2.45, 2.75) is 53.1 Å². The summed E-state index contributed by atoms with van der Waals surface area (Å²) in [6.07, 6.45) is 1.64. The number of rotatable bonds is 10. The summed E-state index contributed by atoms with van der Waals surface area (Å²) in [7, 11) is -3.73. The molecule has 1 N–H and O–H groups in total. The molecule has 7 nitrogen and oxygen atoms in total. The summed E-state index contributed by atoms with van der Waals surface area (Å²) in [5.41, 5.74) is 3.24. The third-order valence-electron chi connectivity index (χ3n) is 5.38. The van der Waals surface area contributed by atoms with Crippen LogP contribution in [0.4, 0.5) is 5.69 Å². The lowest BCUT2D eigenvalue weighted by Crippen LogP contribution is -2.53. The molecular formula is C25H35N3O4S. The van der Waals surface area contributed by atoms with Gasteiger partial charge in [-0.05, 0) is 58.2 Å². The van der Waals surface area contributed by atoms with Gasteiger partial charge in [0, 0.05) is 12.6 Å². The minimum Gasteiger partial charge on any atom is -0.352 e. The maximum atomic E-state index is 13.4. The van der Waals surface area contributed by atoms with E-state index in [-0.39, 0.29) is 18.5 Å². The molecule has 0 spiro atoms. The molecule has 2 rings (SSSR count). The second-order valence-corrected chi connectivity index (χ2v) is 10.6. The Kier molecular flexibility index (Phi) is 9.05. The highest BCUT2D eigenvalue weighted by Crippen LogP contribution is 2.24. The van der Waals surface area contributed by atoms with E-state index >= 15 is 0 Å². The van der Waals surface area contributed by atoms with Crippen LogP contribution in [0.25, 0.3) is 0 Å². The van der Waals surface area contributed by atoms with Gasteiger partial charge >= 0.3 is 0 Å². The van der Waals surface area contributed by atoms with Gasteiger partial charge in [0.25, 0.3) is 0 Å². The molecular weight excluding hydrogens is 438 g/mol. The Hall–Kier alpha value is -2.87. The van der Waals surface area contributed by atoms with E-state index in [2.05, 4.69) is 5.32 Å². The molecule has 0 saturated heterocycles. The average molecular weight is 474 g/mol. The van der Waals surface area contributed by atoms with Crippen LogP contribution in [0.5, 0.6) is 0 Å². The summed E-state index contributed by atoms with van der Waals surface area (Å²) in [5.74, 6) is -0.702. The fraction of sp³-hybridized carbons (Fsp3) is 0.440. The molecule has 0 heterocycles. The highest BCUT2D eigenvalue weighted by molar-refractivity contribution is 7.92. The molecule has 0 aliphatic heterocycles. The molecule has 33 heavy (non-hydrogen) atoms. The standard InChI is InChI=1S/C25H35N3O4S/c1-18(2)26-25(30)21(5)27(15-14-22-10-8-7-9-11-22)24(29)17-28(33(6,31)32)23-13-12-19(3)16-20(23)4/h7-13,16,18,21H,14-15,17H2,1-6H3,(H,26,30)/t21-/m0/s1. The topological polar surface area (TPSA) is 86.8 Å². The second-order valence-electron chi connectivity index (χ2n) is 8.72. The first-order valence-corrected chi connectivity index (χ1v) is 12.9. The number of hydrogen-bond donors (Lipinski definition) is 1. The molecule has 0 radical (unpaired) electrons. The number of benzene rings is 2. The van der Waals surface area contributed by atoms with Gasteiger partial charge in [-0.15, -0.1) is 0 Å². The van der Waals surface area contributed by atoms with E-state index < -0.39 is 22.0 Å². The number of nitrogens with one attached hydrogen (secondary N) is 1. The lowest BCUT2D eigenvalue weighted by molar-refractivity contribution is -0.139. The van der Waals surface area contributed by atoms with Crippen molar-refractivity contribution in [1.82, 2.24) is 10.2 Å². The number of aryl methyl sites for hydroxylation is 2. The molecule has 2 aromatic carbocycles. The van der Waals surface area contributed by atoms with Crippen molar-refractivity contribution in [3.8, 4) is 0 Å². The van der Waals surface area contributed by atoms with Crippen LogP contribution in [0, 0.1) is 13.8 Å². The van der Waals surface area contributed by atoms with Crippen molar-refractivity contribution in [3.05, 3.63) is 65.2 Å². The number of sulfonamides is 1. The minimum atomic E-state index is -3.73. The summed E-state index contributed by atoms with van der Waals surface area (Å²) in [4.78, 5) is 27.6. The molecule has 180 valence electrons. The maximum absolute atomic E-state index is 13.4. The number of anilines is 1. The molecule has 1 atom stereocenters. The molecule has 0 unspecified atom stereocenters. The first kappa shape index (κ1) is 26.4. The Morgan fingerprint density at radius 2 is 1.64 bits per heavy atom. The third kappa shape index (κ3) is 7.60. The number of hydrogen-bond acceptors (Lipinski definition) is 4. The van der Waals surface area contributed by atoms with E-state index in [1.54, 1.807) is 13.0 Å².